The number of hydrogen-bond donors (Lipinski definition) is 1. The van der Waals surface area contributed by atoms with Crippen molar-refractivity contribution in [2.45, 2.75) is 53.5 Å². The van der Waals surface area contributed by atoms with Crippen molar-refractivity contribution < 1.29 is 0 Å². The summed E-state index contributed by atoms with van der Waals surface area (Å²) in [7, 11) is 2.04. The Balaban J connectivity index is 4.01. The van der Waals surface area contributed by atoms with Crippen molar-refractivity contribution in [1.82, 2.24) is 10.2 Å². The zero-order valence-corrected chi connectivity index (χ0v) is 11.8. The highest BCUT2D eigenvalue weighted by Gasteiger charge is 2.19. The average Bonchev–Trinajstić information content (AvgIpc) is 2.10. The van der Waals surface area contributed by atoms with Crippen LogP contribution < -0.4 is 5.32 Å². The van der Waals surface area contributed by atoms with Crippen molar-refractivity contribution in [1.29, 1.82) is 0 Å². The molecule has 0 saturated carbocycles. The summed E-state index contributed by atoms with van der Waals surface area (Å²) in [5, 5.41) is 3.36. The van der Waals surface area contributed by atoms with Gasteiger partial charge in [-0.2, -0.15) is 0 Å². The van der Waals surface area contributed by atoms with Gasteiger partial charge >= 0.3 is 0 Å². The van der Waals surface area contributed by atoms with Gasteiger partial charge in [-0.3, -0.25) is 0 Å². The fourth-order valence-corrected chi connectivity index (χ4v) is 1.58. The fraction of sp³-hybridized carbons (Fsp3) is 1.00. The van der Waals surface area contributed by atoms with E-state index in [4.69, 9.17) is 0 Å². The Kier molecular flexibility index (Phi) is 5.82. The van der Waals surface area contributed by atoms with E-state index in [1.54, 1.807) is 0 Å². The van der Waals surface area contributed by atoms with Gasteiger partial charge in [-0.25, -0.2) is 0 Å². The van der Waals surface area contributed by atoms with Gasteiger partial charge < -0.3 is 10.2 Å². The number of nitrogens with one attached hydrogen (secondary N) is 1. The quantitative estimate of drug-likeness (QED) is 0.731. The Bertz CT molecular complexity index is 168. The molecular weight excluding hydrogens is 184 g/mol. The Morgan fingerprint density at radius 1 is 1.07 bits per heavy atom. The van der Waals surface area contributed by atoms with E-state index in [9.17, 15) is 0 Å². The molecule has 1 N–H and O–H groups in total. The fourth-order valence-electron chi connectivity index (χ4n) is 1.58. The third-order valence-electron chi connectivity index (χ3n) is 2.87. The summed E-state index contributed by atoms with van der Waals surface area (Å²) >= 11 is 0. The second-order valence-corrected chi connectivity index (χ2v) is 6.31. The van der Waals surface area contributed by atoms with Crippen molar-refractivity contribution in [3.63, 3.8) is 0 Å². The number of hydrogen-bond acceptors (Lipinski definition) is 2. The van der Waals surface area contributed by atoms with Gasteiger partial charge in [0.15, 0.2) is 0 Å². The van der Waals surface area contributed by atoms with Crippen molar-refractivity contribution in [2.24, 2.45) is 5.41 Å². The molecule has 0 aromatic carbocycles. The van der Waals surface area contributed by atoms with E-state index in [1.807, 2.05) is 7.05 Å². The third kappa shape index (κ3) is 7.80. The first-order chi connectivity index (χ1) is 6.70. The molecule has 0 aliphatic heterocycles. The van der Waals surface area contributed by atoms with Crippen LogP contribution in [0.3, 0.4) is 0 Å². The maximum Gasteiger partial charge on any atom is 0.0134 e. The lowest BCUT2D eigenvalue weighted by Gasteiger charge is -2.32. The molecule has 2 nitrogen and oxygen atoms in total. The van der Waals surface area contributed by atoms with Crippen molar-refractivity contribution in [3.8, 4) is 0 Å². The standard InChI is InChI=1S/C13H30N2/c1-8-15(11-12(2,3)4)10-9-13(5,6)14-7/h14H,8-11H2,1-7H3. The van der Waals surface area contributed by atoms with Gasteiger partial charge in [0.2, 0.25) is 0 Å². The average molecular weight is 214 g/mol. The molecule has 15 heavy (non-hydrogen) atoms. The summed E-state index contributed by atoms with van der Waals surface area (Å²) in [5.41, 5.74) is 0.658. The molecule has 0 aromatic heterocycles. The van der Waals surface area contributed by atoms with E-state index < -0.39 is 0 Å². The molecule has 0 aromatic rings. The van der Waals surface area contributed by atoms with E-state index in [-0.39, 0.29) is 5.54 Å². The largest absolute Gasteiger partial charge is 0.315 e. The first kappa shape index (κ1) is 14.9. The Morgan fingerprint density at radius 2 is 1.60 bits per heavy atom. The minimum Gasteiger partial charge on any atom is -0.315 e. The summed E-state index contributed by atoms with van der Waals surface area (Å²) in [4.78, 5) is 2.54. The van der Waals surface area contributed by atoms with E-state index in [0.29, 0.717) is 5.41 Å². The van der Waals surface area contributed by atoms with Crippen LogP contribution in [0, 0.1) is 5.41 Å². The van der Waals surface area contributed by atoms with Crippen LogP contribution in [0.2, 0.25) is 0 Å². The molecule has 0 fully saturated rings. The molecule has 0 atom stereocenters. The lowest BCUT2D eigenvalue weighted by Crippen LogP contribution is -2.41. The summed E-state index contributed by atoms with van der Waals surface area (Å²) in [5.74, 6) is 0. The molecule has 0 bridgehead atoms. The predicted octanol–water partition coefficient (Wildman–Crippen LogP) is 2.74. The van der Waals surface area contributed by atoms with Gasteiger partial charge in [-0.15, -0.1) is 0 Å². The monoisotopic (exact) mass is 214 g/mol. The van der Waals surface area contributed by atoms with E-state index in [1.165, 1.54) is 19.5 Å². The molecule has 0 aliphatic carbocycles. The Morgan fingerprint density at radius 3 is 1.93 bits per heavy atom. The smallest absolute Gasteiger partial charge is 0.0134 e. The molecule has 0 heterocycles. The molecule has 2 heteroatoms. The van der Waals surface area contributed by atoms with Crippen LogP contribution in [0.1, 0.15) is 48.0 Å². The zero-order chi connectivity index (χ0) is 12.1. The lowest BCUT2D eigenvalue weighted by atomic mass is 9.95. The van der Waals surface area contributed by atoms with E-state index >= 15 is 0 Å². The normalized spacial score (nSPS) is 13.6. The summed E-state index contributed by atoms with van der Waals surface area (Å²) in [6, 6.07) is 0. The molecule has 0 radical (unpaired) electrons. The Labute approximate surface area is 96.4 Å². The summed E-state index contributed by atoms with van der Waals surface area (Å²) in [6.45, 7) is 17.2. The van der Waals surface area contributed by atoms with Crippen LogP contribution >= 0.6 is 0 Å². The lowest BCUT2D eigenvalue weighted by molar-refractivity contribution is 0.181. The molecule has 92 valence electrons. The molecule has 0 unspecified atom stereocenters. The topological polar surface area (TPSA) is 15.3 Å². The van der Waals surface area contributed by atoms with Crippen LogP contribution in [0.4, 0.5) is 0 Å². The van der Waals surface area contributed by atoms with Gasteiger partial charge in [-0.1, -0.05) is 27.7 Å². The first-order valence-corrected chi connectivity index (χ1v) is 6.11. The predicted molar refractivity (Wildman–Crippen MR) is 69.3 cm³/mol. The van der Waals surface area contributed by atoms with Gasteiger partial charge in [0.25, 0.3) is 0 Å². The van der Waals surface area contributed by atoms with Crippen LogP contribution in [0.25, 0.3) is 0 Å². The van der Waals surface area contributed by atoms with Crippen molar-refractivity contribution >= 4 is 0 Å². The van der Waals surface area contributed by atoms with Gasteiger partial charge in [-0.05, 0) is 45.8 Å². The third-order valence-corrected chi connectivity index (χ3v) is 2.87. The number of nitrogens with zero attached hydrogens (tertiary/aromatic N) is 1. The van der Waals surface area contributed by atoms with Crippen molar-refractivity contribution in [3.05, 3.63) is 0 Å². The van der Waals surface area contributed by atoms with Crippen LogP contribution in [0.15, 0.2) is 0 Å². The van der Waals surface area contributed by atoms with E-state index in [2.05, 4.69) is 51.8 Å². The van der Waals surface area contributed by atoms with Gasteiger partial charge in [0.05, 0.1) is 0 Å². The summed E-state index contributed by atoms with van der Waals surface area (Å²) in [6.07, 6.45) is 1.20. The minimum absolute atomic E-state index is 0.255. The molecule has 0 spiro atoms. The summed E-state index contributed by atoms with van der Waals surface area (Å²) < 4.78 is 0. The molecular formula is C13H30N2. The van der Waals surface area contributed by atoms with Crippen LogP contribution in [-0.2, 0) is 0 Å². The highest BCUT2D eigenvalue weighted by Crippen LogP contribution is 2.16. The molecule has 0 amide bonds. The maximum atomic E-state index is 3.36. The molecule has 0 aliphatic rings. The van der Waals surface area contributed by atoms with Crippen LogP contribution in [0.5, 0.6) is 0 Å². The second kappa shape index (κ2) is 5.86. The molecule has 0 rings (SSSR count). The number of rotatable bonds is 6. The zero-order valence-electron chi connectivity index (χ0n) is 11.8. The molecule has 0 saturated heterocycles. The maximum absolute atomic E-state index is 3.36. The highest BCUT2D eigenvalue weighted by atomic mass is 15.1. The Hall–Kier alpha value is -0.0800. The SMILES string of the molecule is CCN(CCC(C)(C)NC)CC(C)(C)C. The van der Waals surface area contributed by atoms with Crippen molar-refractivity contribution in [2.75, 3.05) is 26.7 Å². The minimum atomic E-state index is 0.255. The van der Waals surface area contributed by atoms with Gasteiger partial charge in [0.1, 0.15) is 0 Å². The second-order valence-electron chi connectivity index (χ2n) is 6.31. The van der Waals surface area contributed by atoms with Crippen LogP contribution in [-0.4, -0.2) is 37.1 Å². The van der Waals surface area contributed by atoms with E-state index in [0.717, 1.165) is 6.54 Å². The van der Waals surface area contributed by atoms with Gasteiger partial charge in [0, 0.05) is 12.1 Å². The highest BCUT2D eigenvalue weighted by molar-refractivity contribution is 4.78. The first-order valence-electron chi connectivity index (χ1n) is 6.11.